The maximum absolute atomic E-state index is 9.55. The van der Waals surface area contributed by atoms with Crippen LogP contribution >= 0.6 is 15.9 Å². The van der Waals surface area contributed by atoms with Crippen LogP contribution in [0.3, 0.4) is 0 Å². The maximum atomic E-state index is 9.55. The normalized spacial score (nSPS) is 10.4. The number of phenolic OH excluding ortho intramolecular Hbond substituents is 1. The lowest BCUT2D eigenvalue weighted by Gasteiger charge is -2.23. The Bertz CT molecular complexity index is 572. The summed E-state index contributed by atoms with van der Waals surface area (Å²) >= 11 is 3.40. The summed E-state index contributed by atoms with van der Waals surface area (Å²) in [5.41, 5.74) is 8.78. The number of aromatic hydroxyl groups is 1. The van der Waals surface area contributed by atoms with E-state index in [2.05, 4.69) is 27.8 Å². The van der Waals surface area contributed by atoms with E-state index in [-0.39, 0.29) is 5.75 Å². The fourth-order valence-corrected chi connectivity index (χ4v) is 2.23. The van der Waals surface area contributed by atoms with Crippen molar-refractivity contribution in [1.29, 1.82) is 0 Å². The molecule has 0 fully saturated rings. The van der Waals surface area contributed by atoms with Crippen LogP contribution in [-0.2, 0) is 6.54 Å². The number of anilines is 2. The number of nitrogens with zero attached hydrogens (tertiary/aromatic N) is 1. The Balaban J connectivity index is 2.21. The molecule has 4 heteroatoms. The molecule has 2 aromatic carbocycles. The van der Waals surface area contributed by atoms with Crippen molar-refractivity contribution in [2.45, 2.75) is 13.5 Å². The first kappa shape index (κ1) is 13.7. The van der Waals surface area contributed by atoms with E-state index in [9.17, 15) is 5.11 Å². The second kappa shape index (κ2) is 5.97. The average Bonchev–Trinajstić information content (AvgIpc) is 2.40. The fraction of sp³-hybridized carbons (Fsp3) is 0.200. The largest absolute Gasteiger partial charge is 0.508 e. The topological polar surface area (TPSA) is 49.5 Å². The summed E-state index contributed by atoms with van der Waals surface area (Å²) < 4.78 is 0.914. The molecule has 0 aromatic heterocycles. The van der Waals surface area contributed by atoms with Gasteiger partial charge in [0.15, 0.2) is 0 Å². The first-order valence-electron chi connectivity index (χ1n) is 6.18. The van der Waals surface area contributed by atoms with E-state index in [1.54, 1.807) is 12.1 Å². The number of phenols is 1. The zero-order chi connectivity index (χ0) is 13.8. The van der Waals surface area contributed by atoms with Gasteiger partial charge in [-0.05, 0) is 52.7 Å². The van der Waals surface area contributed by atoms with Gasteiger partial charge in [0, 0.05) is 35.0 Å². The van der Waals surface area contributed by atoms with Gasteiger partial charge < -0.3 is 15.7 Å². The average molecular weight is 321 g/mol. The van der Waals surface area contributed by atoms with Gasteiger partial charge in [0.25, 0.3) is 0 Å². The number of rotatable bonds is 4. The fourth-order valence-electron chi connectivity index (χ4n) is 1.99. The molecular formula is C15H17BrN2O. The lowest BCUT2D eigenvalue weighted by molar-refractivity contribution is 0.475. The molecule has 0 radical (unpaired) electrons. The van der Waals surface area contributed by atoms with Crippen LogP contribution < -0.4 is 10.6 Å². The zero-order valence-corrected chi connectivity index (χ0v) is 12.4. The molecule has 0 heterocycles. The van der Waals surface area contributed by atoms with Gasteiger partial charge in [0.05, 0.1) is 0 Å². The van der Waals surface area contributed by atoms with Crippen molar-refractivity contribution < 1.29 is 5.11 Å². The number of hydrogen-bond acceptors (Lipinski definition) is 3. The molecule has 19 heavy (non-hydrogen) atoms. The first-order chi connectivity index (χ1) is 9.10. The summed E-state index contributed by atoms with van der Waals surface area (Å²) in [5.74, 6) is 0.284. The van der Waals surface area contributed by atoms with E-state index in [4.69, 9.17) is 5.73 Å². The Labute approximate surface area is 121 Å². The number of halogens is 1. The highest BCUT2D eigenvalue weighted by molar-refractivity contribution is 9.10. The highest BCUT2D eigenvalue weighted by atomic mass is 79.9. The molecule has 0 atom stereocenters. The van der Waals surface area contributed by atoms with E-state index in [0.717, 1.165) is 34.5 Å². The molecule has 100 valence electrons. The standard InChI is InChI=1S/C15H17BrN2O/c1-2-18(12-4-3-5-13(19)9-12)10-11-6-7-14(16)15(17)8-11/h3-9,19H,2,10,17H2,1H3. The molecule has 2 rings (SSSR count). The lowest BCUT2D eigenvalue weighted by atomic mass is 10.1. The molecule has 0 saturated carbocycles. The summed E-state index contributed by atoms with van der Waals surface area (Å²) in [7, 11) is 0. The van der Waals surface area contributed by atoms with Gasteiger partial charge in [-0.3, -0.25) is 0 Å². The number of nitrogen functional groups attached to an aromatic ring is 1. The third kappa shape index (κ3) is 3.41. The Morgan fingerprint density at radius 1 is 1.21 bits per heavy atom. The highest BCUT2D eigenvalue weighted by Crippen LogP contribution is 2.24. The van der Waals surface area contributed by atoms with Gasteiger partial charge >= 0.3 is 0 Å². The Morgan fingerprint density at radius 2 is 2.00 bits per heavy atom. The van der Waals surface area contributed by atoms with Crippen LogP contribution in [0, 0.1) is 0 Å². The molecule has 0 aliphatic rings. The first-order valence-corrected chi connectivity index (χ1v) is 6.97. The van der Waals surface area contributed by atoms with Gasteiger partial charge in [-0.2, -0.15) is 0 Å². The van der Waals surface area contributed by atoms with Crippen LogP contribution in [0.5, 0.6) is 5.75 Å². The molecule has 0 aliphatic heterocycles. The minimum absolute atomic E-state index is 0.284. The predicted octanol–water partition coefficient (Wildman–Crippen LogP) is 3.76. The smallest absolute Gasteiger partial charge is 0.117 e. The van der Waals surface area contributed by atoms with Crippen LogP contribution in [0.4, 0.5) is 11.4 Å². The second-order valence-corrected chi connectivity index (χ2v) is 5.24. The molecule has 0 aliphatic carbocycles. The quantitative estimate of drug-likeness (QED) is 0.843. The molecular weight excluding hydrogens is 304 g/mol. The third-order valence-corrected chi connectivity index (χ3v) is 3.73. The van der Waals surface area contributed by atoms with Crippen molar-refractivity contribution >= 4 is 27.3 Å². The van der Waals surface area contributed by atoms with Crippen molar-refractivity contribution in [2.75, 3.05) is 17.2 Å². The van der Waals surface area contributed by atoms with Gasteiger partial charge in [0.2, 0.25) is 0 Å². The molecule has 2 aromatic rings. The molecule has 0 bridgehead atoms. The Morgan fingerprint density at radius 3 is 2.63 bits per heavy atom. The molecule has 0 saturated heterocycles. The Kier molecular flexibility index (Phi) is 4.32. The van der Waals surface area contributed by atoms with Crippen molar-refractivity contribution in [3.8, 4) is 5.75 Å². The lowest BCUT2D eigenvalue weighted by Crippen LogP contribution is -2.21. The molecule has 3 N–H and O–H groups in total. The van der Waals surface area contributed by atoms with Gasteiger partial charge in [-0.15, -0.1) is 0 Å². The van der Waals surface area contributed by atoms with E-state index in [1.165, 1.54) is 0 Å². The van der Waals surface area contributed by atoms with Gasteiger partial charge in [-0.25, -0.2) is 0 Å². The summed E-state index contributed by atoms with van der Waals surface area (Å²) in [4.78, 5) is 2.18. The van der Waals surface area contributed by atoms with Crippen molar-refractivity contribution in [3.05, 3.63) is 52.5 Å². The summed E-state index contributed by atoms with van der Waals surface area (Å²) in [5, 5.41) is 9.55. The summed E-state index contributed by atoms with van der Waals surface area (Å²) in [6, 6.07) is 13.3. The SMILES string of the molecule is CCN(Cc1ccc(Br)c(N)c1)c1cccc(O)c1. The van der Waals surface area contributed by atoms with Crippen LogP contribution in [0.2, 0.25) is 0 Å². The maximum Gasteiger partial charge on any atom is 0.117 e. The molecule has 0 amide bonds. The van der Waals surface area contributed by atoms with E-state index in [0.29, 0.717) is 0 Å². The molecule has 0 spiro atoms. The van der Waals surface area contributed by atoms with Crippen LogP contribution in [0.15, 0.2) is 46.9 Å². The van der Waals surface area contributed by atoms with Gasteiger partial charge in [-0.1, -0.05) is 12.1 Å². The van der Waals surface area contributed by atoms with Crippen LogP contribution in [0.1, 0.15) is 12.5 Å². The second-order valence-electron chi connectivity index (χ2n) is 4.39. The van der Waals surface area contributed by atoms with E-state index < -0.39 is 0 Å². The number of nitrogens with two attached hydrogens (primary N) is 1. The number of hydrogen-bond donors (Lipinski definition) is 2. The minimum atomic E-state index is 0.284. The zero-order valence-electron chi connectivity index (χ0n) is 10.8. The predicted molar refractivity (Wildman–Crippen MR) is 83.4 cm³/mol. The van der Waals surface area contributed by atoms with Gasteiger partial charge in [0.1, 0.15) is 5.75 Å². The number of benzene rings is 2. The summed E-state index contributed by atoms with van der Waals surface area (Å²) in [6.45, 7) is 3.71. The van der Waals surface area contributed by atoms with Crippen LogP contribution in [-0.4, -0.2) is 11.7 Å². The highest BCUT2D eigenvalue weighted by Gasteiger charge is 2.07. The van der Waals surface area contributed by atoms with Crippen molar-refractivity contribution in [3.63, 3.8) is 0 Å². The van der Waals surface area contributed by atoms with Crippen LogP contribution in [0.25, 0.3) is 0 Å². The molecule has 0 unspecified atom stereocenters. The Hall–Kier alpha value is -1.68. The van der Waals surface area contributed by atoms with Crippen molar-refractivity contribution in [1.82, 2.24) is 0 Å². The monoisotopic (exact) mass is 320 g/mol. The summed E-state index contributed by atoms with van der Waals surface area (Å²) in [6.07, 6.45) is 0. The van der Waals surface area contributed by atoms with E-state index in [1.807, 2.05) is 30.3 Å². The van der Waals surface area contributed by atoms with E-state index >= 15 is 0 Å². The third-order valence-electron chi connectivity index (χ3n) is 3.01. The minimum Gasteiger partial charge on any atom is -0.508 e. The molecule has 3 nitrogen and oxygen atoms in total. The van der Waals surface area contributed by atoms with Crippen molar-refractivity contribution in [2.24, 2.45) is 0 Å².